The number of amides is 1. The van der Waals surface area contributed by atoms with E-state index in [1.54, 1.807) is 0 Å². The number of halogens is 1. The number of anilines is 1. The van der Waals surface area contributed by atoms with Gasteiger partial charge < -0.3 is 4.74 Å². The van der Waals surface area contributed by atoms with Crippen LogP contribution in [0.2, 0.25) is 0 Å². The van der Waals surface area contributed by atoms with Crippen LogP contribution in [0.3, 0.4) is 0 Å². The maximum atomic E-state index is 14.3. The third kappa shape index (κ3) is 3.83. The summed E-state index contributed by atoms with van der Waals surface area (Å²) < 4.78 is 20.9. The van der Waals surface area contributed by atoms with E-state index in [1.165, 1.54) is 23.2 Å². The van der Waals surface area contributed by atoms with Gasteiger partial charge >= 0.3 is 0 Å². The van der Waals surface area contributed by atoms with E-state index in [9.17, 15) is 19.3 Å². The zero-order chi connectivity index (χ0) is 20.5. The highest BCUT2D eigenvalue weighted by Gasteiger charge is 2.29. The summed E-state index contributed by atoms with van der Waals surface area (Å²) in [7, 11) is 0. The predicted molar refractivity (Wildman–Crippen MR) is 108 cm³/mol. The molecule has 0 unspecified atom stereocenters. The third-order valence-electron chi connectivity index (χ3n) is 4.93. The monoisotopic (exact) mass is 415 g/mol. The van der Waals surface area contributed by atoms with Gasteiger partial charge in [-0.3, -0.25) is 19.8 Å². The minimum atomic E-state index is -0.788. The molecule has 150 valence electrons. The number of benzene rings is 2. The van der Waals surface area contributed by atoms with E-state index in [0.29, 0.717) is 11.7 Å². The maximum absolute atomic E-state index is 14.3. The molecule has 0 N–H and O–H groups in total. The molecular weight excluding hydrogens is 397 g/mol. The zero-order valence-corrected chi connectivity index (χ0v) is 16.4. The minimum absolute atomic E-state index is 0.0861. The Labute approximate surface area is 169 Å². The number of thiazole rings is 1. The largest absolute Gasteiger partial charge is 0.376 e. The molecule has 0 radical (unpaired) electrons. The molecular formula is C20H18FN3O4S. The average Bonchev–Trinajstić information content (AvgIpc) is 3.36. The SMILES string of the molecule is Cc1c(F)cc(C(=O)N(C[C@H]2CCCO2)c2nc3ccccc3s2)cc1[N+](=O)[O-]. The fourth-order valence-electron chi connectivity index (χ4n) is 3.35. The van der Waals surface area contributed by atoms with Crippen molar-refractivity contribution in [2.75, 3.05) is 18.1 Å². The van der Waals surface area contributed by atoms with Crippen LogP contribution >= 0.6 is 11.3 Å². The number of hydrogen-bond acceptors (Lipinski definition) is 6. The predicted octanol–water partition coefficient (Wildman–Crippen LogP) is 4.48. The van der Waals surface area contributed by atoms with Crippen molar-refractivity contribution in [1.82, 2.24) is 4.98 Å². The van der Waals surface area contributed by atoms with Crippen molar-refractivity contribution >= 4 is 38.3 Å². The highest BCUT2D eigenvalue weighted by atomic mass is 32.1. The summed E-state index contributed by atoms with van der Waals surface area (Å²) in [6.45, 7) is 2.19. The summed E-state index contributed by atoms with van der Waals surface area (Å²) in [4.78, 5) is 29.9. The van der Waals surface area contributed by atoms with Gasteiger partial charge in [0.2, 0.25) is 0 Å². The van der Waals surface area contributed by atoms with Gasteiger partial charge in [-0.05, 0) is 38.0 Å². The van der Waals surface area contributed by atoms with Gasteiger partial charge in [0.1, 0.15) is 5.82 Å². The van der Waals surface area contributed by atoms with Gasteiger partial charge in [-0.1, -0.05) is 23.5 Å². The van der Waals surface area contributed by atoms with E-state index in [0.717, 1.165) is 35.2 Å². The number of nitro groups is 1. The molecule has 0 aliphatic carbocycles. The number of carbonyl (C=O) groups excluding carboxylic acids is 1. The normalized spacial score (nSPS) is 16.3. The lowest BCUT2D eigenvalue weighted by molar-refractivity contribution is -0.385. The van der Waals surface area contributed by atoms with Gasteiger partial charge in [0.05, 0.1) is 33.4 Å². The Bertz CT molecular complexity index is 1060. The molecule has 1 fully saturated rings. The number of hydrogen-bond donors (Lipinski definition) is 0. The summed E-state index contributed by atoms with van der Waals surface area (Å²) in [5.74, 6) is -1.33. The quantitative estimate of drug-likeness (QED) is 0.453. The molecule has 4 rings (SSSR count). The molecule has 29 heavy (non-hydrogen) atoms. The summed E-state index contributed by atoms with van der Waals surface area (Å²) in [6, 6.07) is 9.66. The van der Waals surface area contributed by atoms with Crippen molar-refractivity contribution in [3.63, 3.8) is 0 Å². The van der Waals surface area contributed by atoms with Crippen LogP contribution in [0.4, 0.5) is 15.2 Å². The zero-order valence-electron chi connectivity index (χ0n) is 15.6. The standard InChI is InChI=1S/C20H18FN3O4S/c1-12-15(21)9-13(10-17(12)24(26)27)19(25)23(11-14-5-4-8-28-14)20-22-16-6-2-3-7-18(16)29-20/h2-3,6-7,9-10,14H,4-5,8,11H2,1H3/t14-/m1/s1. The van der Waals surface area contributed by atoms with Crippen LogP contribution in [0, 0.1) is 22.9 Å². The van der Waals surface area contributed by atoms with Crippen LogP contribution in [-0.2, 0) is 4.74 Å². The van der Waals surface area contributed by atoms with Gasteiger partial charge in [0.25, 0.3) is 11.6 Å². The van der Waals surface area contributed by atoms with Crippen molar-refractivity contribution in [2.24, 2.45) is 0 Å². The Morgan fingerprint density at radius 2 is 2.21 bits per heavy atom. The van der Waals surface area contributed by atoms with Crippen molar-refractivity contribution in [2.45, 2.75) is 25.9 Å². The van der Waals surface area contributed by atoms with E-state index in [-0.39, 0.29) is 23.8 Å². The number of nitro benzene ring substituents is 1. The smallest absolute Gasteiger partial charge is 0.276 e. The van der Waals surface area contributed by atoms with E-state index < -0.39 is 22.3 Å². The number of para-hydroxylation sites is 1. The molecule has 1 atom stereocenters. The fourth-order valence-corrected chi connectivity index (χ4v) is 4.32. The van der Waals surface area contributed by atoms with Crippen molar-refractivity contribution in [3.8, 4) is 0 Å². The van der Waals surface area contributed by atoms with Crippen molar-refractivity contribution in [1.29, 1.82) is 0 Å². The number of rotatable bonds is 5. The Morgan fingerprint density at radius 1 is 1.41 bits per heavy atom. The Hall–Kier alpha value is -2.91. The summed E-state index contributed by atoms with van der Waals surface area (Å²) in [6.07, 6.45) is 1.55. The summed E-state index contributed by atoms with van der Waals surface area (Å²) in [5.41, 5.74) is 0.141. The summed E-state index contributed by atoms with van der Waals surface area (Å²) in [5, 5.41) is 11.7. The number of carbonyl (C=O) groups is 1. The lowest BCUT2D eigenvalue weighted by Gasteiger charge is -2.23. The highest BCUT2D eigenvalue weighted by molar-refractivity contribution is 7.22. The third-order valence-corrected chi connectivity index (χ3v) is 5.99. The number of fused-ring (bicyclic) bond motifs is 1. The van der Waals surface area contributed by atoms with Crippen LogP contribution in [-0.4, -0.2) is 35.1 Å². The van der Waals surface area contributed by atoms with E-state index in [2.05, 4.69) is 4.98 Å². The first kappa shape index (κ1) is 19.4. The molecule has 7 nitrogen and oxygen atoms in total. The second kappa shape index (κ2) is 7.84. The molecule has 1 saturated heterocycles. The van der Waals surface area contributed by atoms with Gasteiger partial charge in [0.15, 0.2) is 5.13 Å². The highest BCUT2D eigenvalue weighted by Crippen LogP contribution is 2.32. The molecule has 1 aliphatic rings. The number of nitrogens with zero attached hydrogens (tertiary/aromatic N) is 3. The van der Waals surface area contributed by atoms with Gasteiger partial charge in [-0.25, -0.2) is 9.37 Å². The van der Waals surface area contributed by atoms with Gasteiger partial charge in [-0.2, -0.15) is 0 Å². The molecule has 1 aliphatic heterocycles. The molecule has 2 heterocycles. The topological polar surface area (TPSA) is 85.6 Å². The first-order valence-electron chi connectivity index (χ1n) is 9.17. The maximum Gasteiger partial charge on any atom is 0.276 e. The first-order chi connectivity index (χ1) is 13.9. The molecule has 1 amide bonds. The average molecular weight is 415 g/mol. The van der Waals surface area contributed by atoms with Crippen LogP contribution < -0.4 is 4.90 Å². The molecule has 0 bridgehead atoms. The molecule has 0 saturated carbocycles. The van der Waals surface area contributed by atoms with E-state index in [4.69, 9.17) is 4.74 Å². The molecule has 2 aromatic carbocycles. The van der Waals surface area contributed by atoms with Gasteiger partial charge in [-0.15, -0.1) is 0 Å². The summed E-state index contributed by atoms with van der Waals surface area (Å²) >= 11 is 1.34. The van der Waals surface area contributed by atoms with Crippen LogP contribution in [0.5, 0.6) is 0 Å². The van der Waals surface area contributed by atoms with Crippen molar-refractivity contribution < 1.29 is 18.8 Å². The molecule has 3 aromatic rings. The Balaban J connectivity index is 1.76. The van der Waals surface area contributed by atoms with Crippen LogP contribution in [0.25, 0.3) is 10.2 Å². The Morgan fingerprint density at radius 3 is 2.90 bits per heavy atom. The fraction of sp³-hybridized carbons (Fsp3) is 0.300. The van der Waals surface area contributed by atoms with Crippen LogP contribution in [0.1, 0.15) is 28.8 Å². The van der Waals surface area contributed by atoms with Crippen molar-refractivity contribution in [3.05, 3.63) is 63.5 Å². The second-order valence-electron chi connectivity index (χ2n) is 6.87. The second-order valence-corrected chi connectivity index (χ2v) is 7.88. The number of ether oxygens (including phenoxy) is 1. The van der Waals surface area contributed by atoms with E-state index >= 15 is 0 Å². The number of aromatic nitrogens is 1. The van der Waals surface area contributed by atoms with E-state index in [1.807, 2.05) is 24.3 Å². The Kier molecular flexibility index (Phi) is 5.25. The molecule has 1 aromatic heterocycles. The minimum Gasteiger partial charge on any atom is -0.376 e. The molecule has 9 heteroatoms. The lowest BCUT2D eigenvalue weighted by atomic mass is 10.1. The lowest BCUT2D eigenvalue weighted by Crippen LogP contribution is -2.37. The first-order valence-corrected chi connectivity index (χ1v) is 9.99. The van der Waals surface area contributed by atoms with Gasteiger partial charge in [0, 0.05) is 18.2 Å². The van der Waals surface area contributed by atoms with Crippen LogP contribution in [0.15, 0.2) is 36.4 Å². The molecule has 0 spiro atoms.